The van der Waals surface area contributed by atoms with Crippen LogP contribution >= 0.6 is 15.9 Å². The minimum atomic E-state index is -0.153. The van der Waals surface area contributed by atoms with E-state index in [1.807, 2.05) is 12.1 Å². The van der Waals surface area contributed by atoms with Gasteiger partial charge >= 0.3 is 0 Å². The van der Waals surface area contributed by atoms with Crippen molar-refractivity contribution in [3.8, 4) is 0 Å². The highest BCUT2D eigenvalue weighted by Gasteiger charge is 2.35. The molecule has 0 aliphatic carbocycles. The smallest absolute Gasteiger partial charge is 0.130 e. The molecular weight excluding hydrogens is 369 g/mol. The van der Waals surface area contributed by atoms with Crippen molar-refractivity contribution < 1.29 is 9.13 Å². The van der Waals surface area contributed by atoms with E-state index in [1.54, 1.807) is 6.07 Å². The summed E-state index contributed by atoms with van der Waals surface area (Å²) in [6, 6.07) is 16.1. The minimum absolute atomic E-state index is 0.153. The minimum Gasteiger partial charge on any atom is -0.378 e. The molecule has 2 heterocycles. The van der Waals surface area contributed by atoms with Gasteiger partial charge in [0.25, 0.3) is 0 Å². The zero-order chi connectivity index (χ0) is 16.5. The van der Waals surface area contributed by atoms with Crippen LogP contribution in [0.15, 0.2) is 59.1 Å². The van der Waals surface area contributed by atoms with Crippen LogP contribution in [0.25, 0.3) is 5.57 Å². The van der Waals surface area contributed by atoms with E-state index in [0.29, 0.717) is 24.8 Å². The van der Waals surface area contributed by atoms with E-state index in [2.05, 4.69) is 51.2 Å². The summed E-state index contributed by atoms with van der Waals surface area (Å²) in [4.78, 5) is 2.48. The fourth-order valence-electron chi connectivity index (χ4n) is 3.65. The summed E-state index contributed by atoms with van der Waals surface area (Å²) in [5.41, 5.74) is 3.11. The van der Waals surface area contributed by atoms with Crippen molar-refractivity contribution in [1.29, 1.82) is 0 Å². The first-order chi connectivity index (χ1) is 11.7. The van der Waals surface area contributed by atoms with Gasteiger partial charge in [-0.3, -0.25) is 4.90 Å². The lowest BCUT2D eigenvalue weighted by molar-refractivity contribution is -0.0403. The average molecular weight is 388 g/mol. The number of ether oxygens (including phenoxy) is 1. The molecular formula is C20H19BrFNO. The van der Waals surface area contributed by atoms with Gasteiger partial charge in [0, 0.05) is 22.6 Å². The third-order valence-corrected chi connectivity index (χ3v) is 5.32. The predicted octanol–water partition coefficient (Wildman–Crippen LogP) is 4.64. The maximum atomic E-state index is 14.3. The molecule has 2 aliphatic heterocycles. The van der Waals surface area contributed by atoms with E-state index >= 15 is 0 Å². The Morgan fingerprint density at radius 3 is 2.75 bits per heavy atom. The fourth-order valence-corrected chi connectivity index (χ4v) is 4.01. The van der Waals surface area contributed by atoms with Crippen LogP contribution in [0.1, 0.15) is 17.5 Å². The average Bonchev–Trinajstić information content (AvgIpc) is 2.58. The second-order valence-electron chi connectivity index (χ2n) is 6.44. The molecule has 2 unspecified atom stereocenters. The lowest BCUT2D eigenvalue weighted by Gasteiger charge is -2.45. The van der Waals surface area contributed by atoms with E-state index < -0.39 is 0 Å². The quantitative estimate of drug-likeness (QED) is 0.760. The molecule has 2 aromatic carbocycles. The molecule has 1 saturated heterocycles. The Labute approximate surface area is 150 Å². The van der Waals surface area contributed by atoms with E-state index in [9.17, 15) is 4.39 Å². The Kier molecular flexibility index (Phi) is 4.53. The summed E-state index contributed by atoms with van der Waals surface area (Å²) in [6.07, 6.45) is 3.00. The fraction of sp³-hybridized carbons (Fsp3) is 0.300. The van der Waals surface area contributed by atoms with E-state index in [4.69, 9.17) is 4.74 Å². The van der Waals surface area contributed by atoms with Crippen LogP contribution in [0, 0.1) is 5.82 Å². The van der Waals surface area contributed by atoms with Crippen LogP contribution in [0.4, 0.5) is 4.39 Å². The van der Waals surface area contributed by atoms with Crippen molar-refractivity contribution in [3.05, 3.63) is 76.0 Å². The van der Waals surface area contributed by atoms with Crippen molar-refractivity contribution in [2.45, 2.75) is 25.0 Å². The number of benzene rings is 2. The lowest BCUT2D eigenvalue weighted by atomic mass is 9.89. The van der Waals surface area contributed by atoms with Gasteiger partial charge in [-0.15, -0.1) is 0 Å². The normalized spacial score (nSPS) is 23.8. The predicted molar refractivity (Wildman–Crippen MR) is 97.1 cm³/mol. The van der Waals surface area contributed by atoms with Crippen molar-refractivity contribution in [1.82, 2.24) is 4.90 Å². The van der Waals surface area contributed by atoms with Gasteiger partial charge in [-0.2, -0.15) is 0 Å². The summed E-state index contributed by atoms with van der Waals surface area (Å²) in [7, 11) is 0. The molecule has 1 fully saturated rings. The van der Waals surface area contributed by atoms with E-state index in [-0.39, 0.29) is 11.9 Å². The number of hydrogen-bond donors (Lipinski definition) is 0. The van der Waals surface area contributed by atoms with Crippen LogP contribution in [0.3, 0.4) is 0 Å². The van der Waals surface area contributed by atoms with E-state index in [1.165, 1.54) is 11.6 Å². The van der Waals surface area contributed by atoms with Gasteiger partial charge < -0.3 is 4.74 Å². The van der Waals surface area contributed by atoms with Gasteiger partial charge in [0.15, 0.2) is 0 Å². The second kappa shape index (κ2) is 6.79. The molecule has 24 heavy (non-hydrogen) atoms. The summed E-state index contributed by atoms with van der Waals surface area (Å²) in [6.45, 7) is 2.28. The molecule has 0 amide bonds. The first-order valence-corrected chi connectivity index (χ1v) is 9.03. The summed E-state index contributed by atoms with van der Waals surface area (Å²) in [5, 5.41) is 0. The van der Waals surface area contributed by atoms with Crippen LogP contribution in [-0.4, -0.2) is 30.2 Å². The summed E-state index contributed by atoms with van der Waals surface area (Å²) >= 11 is 3.45. The Hall–Kier alpha value is -1.49. The maximum Gasteiger partial charge on any atom is 0.130 e. The molecule has 2 nitrogen and oxygen atoms in total. The van der Waals surface area contributed by atoms with Crippen molar-refractivity contribution >= 4 is 21.5 Å². The number of morpholine rings is 1. The topological polar surface area (TPSA) is 12.5 Å². The van der Waals surface area contributed by atoms with Crippen LogP contribution in [0.2, 0.25) is 0 Å². The number of fused-ring (bicyclic) bond motifs is 2. The van der Waals surface area contributed by atoms with Gasteiger partial charge in [0.2, 0.25) is 0 Å². The molecule has 4 rings (SSSR count). The molecule has 2 aliphatic rings. The lowest BCUT2D eigenvalue weighted by Crippen LogP contribution is -2.53. The zero-order valence-electron chi connectivity index (χ0n) is 13.3. The van der Waals surface area contributed by atoms with Crippen molar-refractivity contribution in [2.75, 3.05) is 13.2 Å². The highest BCUT2D eigenvalue weighted by atomic mass is 79.9. The van der Waals surface area contributed by atoms with Crippen LogP contribution in [-0.2, 0) is 11.3 Å². The largest absolute Gasteiger partial charge is 0.378 e. The SMILES string of the molecule is Fc1ccc(Br)cc1C1=CC2COCC(C1)N2Cc1ccccc1. The molecule has 0 N–H and O–H groups in total. The molecule has 124 valence electrons. The first-order valence-electron chi connectivity index (χ1n) is 8.24. The Morgan fingerprint density at radius 2 is 1.96 bits per heavy atom. The molecule has 0 aromatic heterocycles. The van der Waals surface area contributed by atoms with Crippen LogP contribution in [0.5, 0.6) is 0 Å². The third-order valence-electron chi connectivity index (χ3n) is 4.83. The number of hydrogen-bond acceptors (Lipinski definition) is 2. The van der Waals surface area contributed by atoms with Gasteiger partial charge in [0.1, 0.15) is 5.82 Å². The van der Waals surface area contributed by atoms with Crippen molar-refractivity contribution in [3.63, 3.8) is 0 Å². The van der Waals surface area contributed by atoms with Gasteiger partial charge in [-0.25, -0.2) is 4.39 Å². The molecule has 0 saturated carbocycles. The number of rotatable bonds is 3. The number of halogens is 2. The maximum absolute atomic E-state index is 14.3. The summed E-state index contributed by atoms with van der Waals surface area (Å²) in [5.74, 6) is -0.153. The second-order valence-corrected chi connectivity index (χ2v) is 7.35. The van der Waals surface area contributed by atoms with Gasteiger partial charge in [-0.1, -0.05) is 52.3 Å². The molecule has 2 atom stereocenters. The molecule has 4 heteroatoms. The highest BCUT2D eigenvalue weighted by molar-refractivity contribution is 9.10. The standard InChI is InChI=1S/C20H19BrFNO/c21-16-6-7-20(22)19(10-16)15-8-17-12-24-13-18(9-15)23(17)11-14-4-2-1-3-5-14/h1-8,10,17-18H,9,11-13H2. The zero-order valence-corrected chi connectivity index (χ0v) is 14.9. The van der Waals surface area contributed by atoms with E-state index in [0.717, 1.165) is 23.0 Å². The Balaban J connectivity index is 1.63. The first kappa shape index (κ1) is 16.0. The third kappa shape index (κ3) is 3.18. The molecule has 2 bridgehead atoms. The highest BCUT2D eigenvalue weighted by Crippen LogP contribution is 2.35. The van der Waals surface area contributed by atoms with Gasteiger partial charge in [-0.05, 0) is 35.8 Å². The molecule has 2 aromatic rings. The van der Waals surface area contributed by atoms with Gasteiger partial charge in [0.05, 0.1) is 19.3 Å². The molecule has 0 spiro atoms. The van der Waals surface area contributed by atoms with Crippen molar-refractivity contribution in [2.24, 2.45) is 0 Å². The Bertz CT molecular complexity index is 761. The molecule has 0 radical (unpaired) electrons. The summed E-state index contributed by atoms with van der Waals surface area (Å²) < 4.78 is 20.9. The Morgan fingerprint density at radius 1 is 1.12 bits per heavy atom. The number of nitrogens with zero attached hydrogens (tertiary/aromatic N) is 1. The van der Waals surface area contributed by atoms with Crippen LogP contribution < -0.4 is 0 Å². The monoisotopic (exact) mass is 387 g/mol.